The molecule has 108 valence electrons. The molecule has 1 aromatic carbocycles. The topological polar surface area (TPSA) is 79.2 Å². The van der Waals surface area contributed by atoms with Crippen LogP contribution in [0.4, 0.5) is 5.82 Å². The SMILES string of the molecule is Cc1ccc2c(C(=O)CN(C)C)c(N)[nH]c(=O)c2c1.Cl. The highest BCUT2D eigenvalue weighted by molar-refractivity contribution is 6.12. The monoisotopic (exact) mass is 295 g/mol. The summed E-state index contributed by atoms with van der Waals surface area (Å²) < 4.78 is 0. The van der Waals surface area contributed by atoms with Crippen molar-refractivity contribution in [2.45, 2.75) is 6.92 Å². The Hall–Kier alpha value is -1.85. The number of rotatable bonds is 3. The molecule has 1 aromatic heterocycles. The number of benzene rings is 1. The highest BCUT2D eigenvalue weighted by Gasteiger charge is 2.17. The van der Waals surface area contributed by atoms with Crippen LogP contribution in [0.25, 0.3) is 10.8 Å². The molecular formula is C14H18ClN3O2. The van der Waals surface area contributed by atoms with Crippen LogP contribution in [0.2, 0.25) is 0 Å². The van der Waals surface area contributed by atoms with Gasteiger partial charge >= 0.3 is 0 Å². The third kappa shape index (κ3) is 3.00. The Morgan fingerprint density at radius 1 is 1.30 bits per heavy atom. The van der Waals surface area contributed by atoms with Gasteiger partial charge in [-0.05, 0) is 27.1 Å². The maximum atomic E-state index is 12.2. The number of nitrogens with one attached hydrogen (secondary N) is 1. The lowest BCUT2D eigenvalue weighted by molar-refractivity contribution is 0.0960. The summed E-state index contributed by atoms with van der Waals surface area (Å²) in [7, 11) is 3.62. The highest BCUT2D eigenvalue weighted by atomic mass is 35.5. The van der Waals surface area contributed by atoms with Crippen molar-refractivity contribution >= 4 is 34.8 Å². The van der Waals surface area contributed by atoms with Crippen LogP contribution >= 0.6 is 12.4 Å². The number of aromatic nitrogens is 1. The summed E-state index contributed by atoms with van der Waals surface area (Å²) in [6.07, 6.45) is 0. The zero-order chi connectivity index (χ0) is 14.2. The fourth-order valence-electron chi connectivity index (χ4n) is 2.13. The molecule has 3 N–H and O–H groups in total. The molecule has 0 fully saturated rings. The number of nitrogen functional groups attached to an aromatic ring is 1. The quantitative estimate of drug-likeness (QED) is 0.843. The molecule has 0 amide bonds. The zero-order valence-corrected chi connectivity index (χ0v) is 12.5. The molecule has 0 radical (unpaired) electrons. The van der Waals surface area contributed by atoms with Gasteiger partial charge in [0.15, 0.2) is 5.78 Å². The first-order chi connectivity index (χ1) is 8.90. The number of H-pyrrole nitrogens is 1. The van der Waals surface area contributed by atoms with E-state index >= 15 is 0 Å². The molecule has 0 aliphatic rings. The second-order valence-corrected chi connectivity index (χ2v) is 4.95. The second-order valence-electron chi connectivity index (χ2n) is 4.95. The average molecular weight is 296 g/mol. The Balaban J connectivity index is 0.00000200. The first kappa shape index (κ1) is 16.2. The van der Waals surface area contributed by atoms with Crippen LogP contribution in [0.5, 0.6) is 0 Å². The number of nitrogens with zero attached hydrogens (tertiary/aromatic N) is 1. The van der Waals surface area contributed by atoms with Gasteiger partial charge in [-0.2, -0.15) is 0 Å². The van der Waals surface area contributed by atoms with Crippen LogP contribution in [-0.2, 0) is 0 Å². The summed E-state index contributed by atoms with van der Waals surface area (Å²) in [6, 6.07) is 5.41. The number of nitrogens with two attached hydrogens (primary N) is 1. The van der Waals surface area contributed by atoms with E-state index in [9.17, 15) is 9.59 Å². The first-order valence-electron chi connectivity index (χ1n) is 6.00. The fourth-order valence-corrected chi connectivity index (χ4v) is 2.13. The largest absolute Gasteiger partial charge is 0.385 e. The van der Waals surface area contributed by atoms with E-state index in [1.54, 1.807) is 17.0 Å². The zero-order valence-electron chi connectivity index (χ0n) is 11.7. The minimum Gasteiger partial charge on any atom is -0.385 e. The van der Waals surface area contributed by atoms with Crippen LogP contribution in [0.15, 0.2) is 23.0 Å². The smallest absolute Gasteiger partial charge is 0.257 e. The van der Waals surface area contributed by atoms with Crippen molar-refractivity contribution in [3.63, 3.8) is 0 Å². The lowest BCUT2D eigenvalue weighted by atomic mass is 10.0. The van der Waals surface area contributed by atoms with Crippen LogP contribution in [0.1, 0.15) is 15.9 Å². The van der Waals surface area contributed by atoms with E-state index < -0.39 is 0 Å². The number of aryl methyl sites for hydroxylation is 1. The minimum absolute atomic E-state index is 0. The third-order valence-corrected chi connectivity index (χ3v) is 2.95. The lowest BCUT2D eigenvalue weighted by Gasteiger charge is -2.12. The number of hydrogen-bond acceptors (Lipinski definition) is 4. The maximum absolute atomic E-state index is 12.2. The molecule has 0 aliphatic heterocycles. The van der Waals surface area contributed by atoms with Gasteiger partial charge in [-0.25, -0.2) is 0 Å². The van der Waals surface area contributed by atoms with Crippen molar-refractivity contribution in [1.29, 1.82) is 0 Å². The summed E-state index contributed by atoms with van der Waals surface area (Å²) in [5.74, 6) is 0.0285. The lowest BCUT2D eigenvalue weighted by Crippen LogP contribution is -2.24. The number of ketones is 1. The number of carbonyl (C=O) groups is 1. The summed E-state index contributed by atoms with van der Waals surface area (Å²) in [4.78, 5) is 28.5. The van der Waals surface area contributed by atoms with E-state index in [1.165, 1.54) is 0 Å². The Kier molecular flexibility index (Phi) is 4.92. The van der Waals surface area contributed by atoms with Gasteiger partial charge in [0.1, 0.15) is 5.82 Å². The Labute approximate surface area is 123 Å². The molecule has 2 aromatic rings. The molecule has 1 heterocycles. The van der Waals surface area contributed by atoms with Crippen molar-refractivity contribution in [3.8, 4) is 0 Å². The molecular weight excluding hydrogens is 278 g/mol. The highest BCUT2D eigenvalue weighted by Crippen LogP contribution is 2.21. The molecule has 20 heavy (non-hydrogen) atoms. The van der Waals surface area contributed by atoms with Crippen molar-refractivity contribution in [3.05, 3.63) is 39.7 Å². The van der Waals surface area contributed by atoms with Crippen molar-refractivity contribution in [2.24, 2.45) is 0 Å². The van der Waals surface area contributed by atoms with Crippen LogP contribution in [0, 0.1) is 6.92 Å². The van der Waals surface area contributed by atoms with Crippen molar-refractivity contribution < 1.29 is 4.79 Å². The molecule has 5 nitrogen and oxygen atoms in total. The number of halogens is 1. The molecule has 0 bridgehead atoms. The van der Waals surface area contributed by atoms with Gasteiger partial charge in [0.25, 0.3) is 5.56 Å². The van der Waals surface area contributed by atoms with E-state index in [0.717, 1.165) is 5.56 Å². The predicted octanol–water partition coefficient (Wildman–Crippen LogP) is 1.58. The standard InChI is InChI=1S/C14H17N3O2.ClH/c1-8-4-5-9-10(6-8)14(19)16-13(15)12(9)11(18)7-17(2)3;/h4-6H,7H2,1-3H3,(H3,15,16,19);1H. The van der Waals surface area contributed by atoms with Gasteiger partial charge in [-0.3, -0.25) is 9.59 Å². The summed E-state index contributed by atoms with van der Waals surface area (Å²) in [5, 5.41) is 1.11. The van der Waals surface area contributed by atoms with E-state index in [-0.39, 0.29) is 36.1 Å². The van der Waals surface area contributed by atoms with Crippen LogP contribution < -0.4 is 11.3 Å². The number of Topliss-reactive ketones (excluding diaryl/α,β-unsaturated/α-hetero) is 1. The molecule has 0 spiro atoms. The number of hydrogen-bond donors (Lipinski definition) is 2. The predicted molar refractivity (Wildman–Crippen MR) is 83.9 cm³/mol. The van der Waals surface area contributed by atoms with Crippen LogP contribution in [-0.4, -0.2) is 36.3 Å². The summed E-state index contributed by atoms with van der Waals surface area (Å²) in [6.45, 7) is 2.15. The normalized spacial score (nSPS) is 10.6. The number of aromatic amines is 1. The fraction of sp³-hybridized carbons (Fsp3) is 0.286. The summed E-state index contributed by atoms with van der Waals surface area (Å²) >= 11 is 0. The molecule has 0 saturated carbocycles. The Bertz CT molecular complexity index is 707. The molecule has 2 rings (SSSR count). The Morgan fingerprint density at radius 2 is 1.95 bits per heavy atom. The van der Waals surface area contributed by atoms with E-state index in [2.05, 4.69) is 4.98 Å². The Morgan fingerprint density at radius 3 is 2.55 bits per heavy atom. The number of fused-ring (bicyclic) bond motifs is 1. The van der Waals surface area contributed by atoms with Gasteiger partial charge in [-0.1, -0.05) is 17.7 Å². The second kappa shape index (κ2) is 6.07. The maximum Gasteiger partial charge on any atom is 0.257 e. The number of pyridine rings is 1. The van der Waals surface area contributed by atoms with E-state index in [1.807, 2.05) is 27.1 Å². The minimum atomic E-state index is -0.266. The number of likely N-dealkylation sites (N-methyl/N-ethyl adjacent to an activating group) is 1. The molecule has 6 heteroatoms. The number of carbonyl (C=O) groups excluding carboxylic acids is 1. The summed E-state index contributed by atoms with van der Waals surface area (Å²) in [5.41, 5.74) is 6.90. The van der Waals surface area contributed by atoms with Gasteiger partial charge in [-0.15, -0.1) is 12.4 Å². The van der Waals surface area contributed by atoms with Crippen molar-refractivity contribution in [2.75, 3.05) is 26.4 Å². The van der Waals surface area contributed by atoms with Gasteiger partial charge in [0, 0.05) is 10.8 Å². The van der Waals surface area contributed by atoms with Gasteiger partial charge in [0.2, 0.25) is 0 Å². The van der Waals surface area contributed by atoms with E-state index in [4.69, 9.17) is 5.73 Å². The average Bonchev–Trinajstić information content (AvgIpc) is 2.29. The van der Waals surface area contributed by atoms with E-state index in [0.29, 0.717) is 16.3 Å². The molecule has 0 atom stereocenters. The third-order valence-electron chi connectivity index (χ3n) is 2.95. The molecule has 0 saturated heterocycles. The van der Waals surface area contributed by atoms with Crippen LogP contribution in [0.3, 0.4) is 0 Å². The first-order valence-corrected chi connectivity index (χ1v) is 6.00. The van der Waals surface area contributed by atoms with Gasteiger partial charge < -0.3 is 15.6 Å². The number of anilines is 1. The molecule has 0 unspecified atom stereocenters. The molecule has 0 aliphatic carbocycles. The van der Waals surface area contributed by atoms with Crippen molar-refractivity contribution in [1.82, 2.24) is 9.88 Å². The van der Waals surface area contributed by atoms with Gasteiger partial charge in [0.05, 0.1) is 12.1 Å².